The molecular weight excluding hydrogens is 493 g/mol. The van der Waals surface area contributed by atoms with Crippen LogP contribution in [0.5, 0.6) is 5.75 Å². The van der Waals surface area contributed by atoms with E-state index in [1.54, 1.807) is 35.2 Å². The van der Waals surface area contributed by atoms with E-state index in [0.717, 1.165) is 11.8 Å². The van der Waals surface area contributed by atoms with Gasteiger partial charge in [0.2, 0.25) is 0 Å². The van der Waals surface area contributed by atoms with Gasteiger partial charge in [-0.1, -0.05) is 23.7 Å². The van der Waals surface area contributed by atoms with Gasteiger partial charge in [-0.15, -0.1) is 0 Å². The molecule has 1 aliphatic heterocycles. The number of amides is 1. The van der Waals surface area contributed by atoms with E-state index in [-0.39, 0.29) is 42.7 Å². The quantitative estimate of drug-likeness (QED) is 0.541. The number of carbonyl (C=O) groups is 1. The molecular formula is C25H33ClFN3O4S. The van der Waals surface area contributed by atoms with Crippen molar-refractivity contribution in [2.75, 3.05) is 38.2 Å². The summed E-state index contributed by atoms with van der Waals surface area (Å²) in [6.45, 7) is 5.87. The highest BCUT2D eigenvalue weighted by atomic mass is 35.5. The van der Waals surface area contributed by atoms with Crippen LogP contribution in [0.2, 0.25) is 5.02 Å². The molecule has 1 fully saturated rings. The number of nitrogens with zero attached hydrogens (tertiary/aromatic N) is 2. The van der Waals surface area contributed by atoms with E-state index in [4.69, 9.17) is 22.1 Å². The molecule has 0 saturated carbocycles. The molecule has 2 N–H and O–H groups in total. The lowest BCUT2D eigenvalue weighted by atomic mass is 10.00. The number of nitrogens with two attached hydrogens (primary N) is 1. The Morgan fingerprint density at radius 3 is 2.49 bits per heavy atom. The van der Waals surface area contributed by atoms with Crippen LogP contribution < -0.4 is 10.5 Å². The molecule has 1 unspecified atom stereocenters. The van der Waals surface area contributed by atoms with Gasteiger partial charge < -0.3 is 15.4 Å². The highest BCUT2D eigenvalue weighted by molar-refractivity contribution is 7.90. The molecule has 0 radical (unpaired) electrons. The summed E-state index contributed by atoms with van der Waals surface area (Å²) in [6, 6.07) is 11.5. The number of piperazine rings is 1. The molecule has 0 bridgehead atoms. The molecule has 10 heteroatoms. The summed E-state index contributed by atoms with van der Waals surface area (Å²) < 4.78 is 42.8. The first kappa shape index (κ1) is 27.4. The minimum absolute atomic E-state index is 0.0329. The second-order valence-corrected chi connectivity index (χ2v) is 11.9. The van der Waals surface area contributed by atoms with Gasteiger partial charge in [0.25, 0.3) is 5.91 Å². The zero-order chi connectivity index (χ0) is 25.8. The summed E-state index contributed by atoms with van der Waals surface area (Å²) in [5.41, 5.74) is 7.45. The molecule has 2 aromatic carbocycles. The Morgan fingerprint density at radius 2 is 1.86 bits per heavy atom. The molecule has 3 rings (SSSR count). The molecule has 0 aliphatic carbocycles. The standard InChI is InChI=1S/C25H33ClFN3O4S/c1-17-13-30(18(2)12-29(17)14-19-4-7-22(27)8-5-19)25(31)15-34-24-9-6-21(26)10-23(24)20(11-28)16-35(3,32)33/h4-10,17-18,20H,11-16,28H2,1-3H3/t17-,18+,20?/m0/s1. The monoisotopic (exact) mass is 525 g/mol. The summed E-state index contributed by atoms with van der Waals surface area (Å²) in [5.74, 6) is -0.651. The second-order valence-electron chi connectivity index (χ2n) is 9.30. The Labute approximate surface area is 211 Å². The molecule has 7 nitrogen and oxygen atoms in total. The van der Waals surface area contributed by atoms with Crippen LogP contribution in [0.4, 0.5) is 4.39 Å². The van der Waals surface area contributed by atoms with Crippen LogP contribution >= 0.6 is 11.6 Å². The minimum atomic E-state index is -3.28. The summed E-state index contributed by atoms with van der Waals surface area (Å²) in [7, 11) is -3.28. The molecule has 0 aromatic heterocycles. The third-order valence-electron chi connectivity index (χ3n) is 6.29. The van der Waals surface area contributed by atoms with Crippen LogP contribution in [0.25, 0.3) is 0 Å². The van der Waals surface area contributed by atoms with Crippen molar-refractivity contribution in [3.8, 4) is 5.75 Å². The number of hydrogen-bond acceptors (Lipinski definition) is 6. The Bertz CT molecular complexity index is 1130. The Kier molecular flexibility index (Phi) is 9.15. The molecule has 1 aliphatic rings. The molecule has 1 heterocycles. The molecule has 1 saturated heterocycles. The van der Waals surface area contributed by atoms with Crippen LogP contribution in [0.1, 0.15) is 30.9 Å². The van der Waals surface area contributed by atoms with Gasteiger partial charge >= 0.3 is 0 Å². The van der Waals surface area contributed by atoms with Crippen LogP contribution in [-0.2, 0) is 21.2 Å². The highest BCUT2D eigenvalue weighted by Gasteiger charge is 2.32. The van der Waals surface area contributed by atoms with Gasteiger partial charge in [0.15, 0.2) is 6.61 Å². The molecule has 1 amide bonds. The highest BCUT2D eigenvalue weighted by Crippen LogP contribution is 2.30. The van der Waals surface area contributed by atoms with E-state index in [0.29, 0.717) is 36.0 Å². The number of hydrogen-bond donors (Lipinski definition) is 1. The van der Waals surface area contributed by atoms with Gasteiger partial charge in [-0.25, -0.2) is 12.8 Å². The summed E-state index contributed by atoms with van der Waals surface area (Å²) >= 11 is 6.14. The van der Waals surface area contributed by atoms with Crippen molar-refractivity contribution in [1.82, 2.24) is 9.80 Å². The molecule has 35 heavy (non-hydrogen) atoms. The topological polar surface area (TPSA) is 92.9 Å². The number of carbonyl (C=O) groups excluding carboxylic acids is 1. The number of sulfone groups is 1. The van der Waals surface area contributed by atoms with Crippen molar-refractivity contribution < 1.29 is 22.3 Å². The third kappa shape index (κ3) is 7.64. The van der Waals surface area contributed by atoms with Crippen LogP contribution in [0.15, 0.2) is 42.5 Å². The van der Waals surface area contributed by atoms with E-state index in [1.807, 2.05) is 6.92 Å². The first-order chi connectivity index (χ1) is 16.5. The lowest BCUT2D eigenvalue weighted by molar-refractivity contribution is -0.139. The van der Waals surface area contributed by atoms with Gasteiger partial charge in [0.1, 0.15) is 21.4 Å². The number of benzene rings is 2. The molecule has 3 atom stereocenters. The fourth-order valence-electron chi connectivity index (χ4n) is 4.43. The van der Waals surface area contributed by atoms with E-state index < -0.39 is 15.8 Å². The van der Waals surface area contributed by atoms with Crippen molar-refractivity contribution >= 4 is 27.3 Å². The fourth-order valence-corrected chi connectivity index (χ4v) is 5.66. The number of rotatable bonds is 9. The minimum Gasteiger partial charge on any atom is -0.483 e. The Morgan fingerprint density at radius 1 is 1.17 bits per heavy atom. The van der Waals surface area contributed by atoms with Gasteiger partial charge in [-0.05, 0) is 49.7 Å². The first-order valence-electron chi connectivity index (χ1n) is 11.5. The zero-order valence-electron chi connectivity index (χ0n) is 20.3. The number of ether oxygens (including phenoxy) is 1. The Balaban J connectivity index is 1.65. The molecule has 2 aromatic rings. The predicted octanol–water partition coefficient (Wildman–Crippen LogP) is 3.07. The smallest absolute Gasteiger partial charge is 0.260 e. The van der Waals surface area contributed by atoms with Gasteiger partial charge in [0.05, 0.1) is 5.75 Å². The maximum Gasteiger partial charge on any atom is 0.260 e. The van der Waals surface area contributed by atoms with Crippen LogP contribution in [-0.4, -0.2) is 74.5 Å². The second kappa shape index (κ2) is 11.7. The SMILES string of the molecule is C[C@@H]1CN(Cc2ccc(F)cc2)[C@@H](C)CN1C(=O)COc1ccc(Cl)cc1C(CN)CS(C)(=O)=O. The van der Waals surface area contributed by atoms with Crippen molar-refractivity contribution in [3.63, 3.8) is 0 Å². The molecule has 0 spiro atoms. The average Bonchev–Trinajstić information content (AvgIpc) is 2.79. The van der Waals surface area contributed by atoms with Crippen LogP contribution in [0.3, 0.4) is 0 Å². The summed E-state index contributed by atoms with van der Waals surface area (Å²) in [4.78, 5) is 17.1. The van der Waals surface area contributed by atoms with Gasteiger partial charge in [-0.3, -0.25) is 9.69 Å². The Hall–Kier alpha value is -2.20. The van der Waals surface area contributed by atoms with Crippen molar-refractivity contribution in [1.29, 1.82) is 0 Å². The maximum atomic E-state index is 13.2. The summed E-state index contributed by atoms with van der Waals surface area (Å²) in [5, 5.41) is 0.436. The largest absolute Gasteiger partial charge is 0.483 e. The molecule has 192 valence electrons. The third-order valence-corrected chi connectivity index (χ3v) is 7.53. The lowest BCUT2D eigenvalue weighted by Gasteiger charge is -2.44. The number of halogens is 2. The first-order valence-corrected chi connectivity index (χ1v) is 14.0. The van der Waals surface area contributed by atoms with Crippen molar-refractivity contribution in [3.05, 3.63) is 64.4 Å². The van der Waals surface area contributed by atoms with Gasteiger partial charge in [0, 0.05) is 61.0 Å². The van der Waals surface area contributed by atoms with Crippen molar-refractivity contribution in [2.24, 2.45) is 5.73 Å². The van der Waals surface area contributed by atoms with Crippen LogP contribution in [0, 0.1) is 5.82 Å². The van der Waals surface area contributed by atoms with Crippen molar-refractivity contribution in [2.45, 2.75) is 38.4 Å². The lowest BCUT2D eigenvalue weighted by Crippen LogP contribution is -2.58. The summed E-state index contributed by atoms with van der Waals surface area (Å²) in [6.07, 6.45) is 1.16. The van der Waals surface area contributed by atoms with E-state index >= 15 is 0 Å². The average molecular weight is 526 g/mol. The normalized spacial score (nSPS) is 20.0. The fraction of sp³-hybridized carbons (Fsp3) is 0.480. The van der Waals surface area contributed by atoms with E-state index in [1.165, 1.54) is 12.1 Å². The predicted molar refractivity (Wildman–Crippen MR) is 136 cm³/mol. The van der Waals surface area contributed by atoms with E-state index in [9.17, 15) is 17.6 Å². The zero-order valence-corrected chi connectivity index (χ0v) is 21.9. The maximum absolute atomic E-state index is 13.2. The van der Waals surface area contributed by atoms with Gasteiger partial charge in [-0.2, -0.15) is 0 Å². The van der Waals surface area contributed by atoms with E-state index in [2.05, 4.69) is 11.8 Å².